The van der Waals surface area contributed by atoms with Crippen molar-refractivity contribution in [1.82, 2.24) is 10.2 Å². The first-order valence-electron chi connectivity index (χ1n) is 12.6. The van der Waals surface area contributed by atoms with E-state index in [-0.39, 0.29) is 0 Å². The van der Waals surface area contributed by atoms with E-state index in [0.717, 1.165) is 6.42 Å². The third kappa shape index (κ3) is 13.5. The van der Waals surface area contributed by atoms with Crippen molar-refractivity contribution in [3.05, 3.63) is 12.4 Å². The molecule has 0 aliphatic carbocycles. The van der Waals surface area contributed by atoms with Gasteiger partial charge >= 0.3 is 0 Å². The number of hydrogen-bond acceptors (Lipinski definition) is 3. The van der Waals surface area contributed by atoms with Gasteiger partial charge in [0.1, 0.15) is 12.4 Å². The molecule has 0 bridgehead atoms. The van der Waals surface area contributed by atoms with Crippen LogP contribution in [0.3, 0.4) is 0 Å². The van der Waals surface area contributed by atoms with Crippen LogP contribution >= 0.6 is 0 Å². The fourth-order valence-corrected chi connectivity index (χ4v) is 4.29. The van der Waals surface area contributed by atoms with Crippen molar-refractivity contribution in [3.63, 3.8) is 0 Å². The van der Waals surface area contributed by atoms with E-state index < -0.39 is 6.23 Å². The number of aliphatic hydroxyl groups is 1. The molecule has 0 saturated heterocycles. The fourth-order valence-electron chi connectivity index (χ4n) is 4.29. The molecule has 3 nitrogen and oxygen atoms in total. The molecule has 2 atom stereocenters. The topological polar surface area (TPSA) is 35.5 Å². The summed E-state index contributed by atoms with van der Waals surface area (Å²) in [6.07, 6.45) is 30.5. The van der Waals surface area contributed by atoms with Gasteiger partial charge in [0.2, 0.25) is 0 Å². The van der Waals surface area contributed by atoms with Crippen molar-refractivity contribution in [2.45, 2.75) is 148 Å². The Hall–Kier alpha value is -0.700. The molecular weight excluding hydrogens is 344 g/mol. The van der Waals surface area contributed by atoms with Crippen LogP contribution in [0.2, 0.25) is 0 Å². The molecule has 0 radical (unpaired) electrons. The Morgan fingerprint density at radius 2 is 1.11 bits per heavy atom. The molecule has 0 aromatic rings. The Labute approximate surface area is 176 Å². The normalized spacial score (nSPS) is 17.2. The van der Waals surface area contributed by atoms with Crippen molar-refractivity contribution in [2.24, 2.45) is 0 Å². The van der Waals surface area contributed by atoms with Crippen molar-refractivity contribution >= 4 is 0 Å². The molecule has 0 fully saturated rings. The minimum atomic E-state index is -0.396. The quantitative estimate of drug-likeness (QED) is 0.210. The van der Waals surface area contributed by atoms with E-state index in [9.17, 15) is 5.11 Å². The average Bonchev–Trinajstić information content (AvgIpc) is 3.16. The molecule has 1 heterocycles. The van der Waals surface area contributed by atoms with Gasteiger partial charge in [0, 0.05) is 12.4 Å². The highest BCUT2D eigenvalue weighted by Gasteiger charge is 2.20. The second kappa shape index (κ2) is 18.3. The molecule has 3 heteroatoms. The monoisotopic (exact) mass is 394 g/mol. The summed E-state index contributed by atoms with van der Waals surface area (Å²) in [5.74, 6) is 0. The van der Waals surface area contributed by atoms with Gasteiger partial charge < -0.3 is 15.3 Å². The smallest absolute Gasteiger partial charge is 0.125 e. The summed E-state index contributed by atoms with van der Waals surface area (Å²) < 4.78 is 0. The minimum Gasteiger partial charge on any atom is -0.374 e. The van der Waals surface area contributed by atoms with Gasteiger partial charge in [0.25, 0.3) is 0 Å². The van der Waals surface area contributed by atoms with Crippen molar-refractivity contribution < 1.29 is 5.11 Å². The van der Waals surface area contributed by atoms with E-state index in [1.54, 1.807) is 0 Å². The van der Waals surface area contributed by atoms with Crippen molar-refractivity contribution in [1.29, 1.82) is 0 Å². The summed E-state index contributed by atoms with van der Waals surface area (Å²) in [5, 5.41) is 13.0. The van der Waals surface area contributed by atoms with Crippen LogP contribution in [0.15, 0.2) is 12.4 Å². The van der Waals surface area contributed by atoms with E-state index in [1.165, 1.54) is 116 Å². The standard InChI is InChI=1S/C25H50N2O/c1-3-4-5-6-7-8-9-10-11-12-13-14-15-16-17-18-19-20-21-25-26-22-23-27(25)24(2)28/h22-26,28H,3-21H2,1-2H3. The number of rotatable bonds is 20. The third-order valence-electron chi connectivity index (χ3n) is 6.16. The summed E-state index contributed by atoms with van der Waals surface area (Å²) in [7, 11) is 0. The molecule has 0 saturated carbocycles. The molecule has 2 N–H and O–H groups in total. The number of nitrogens with zero attached hydrogens (tertiary/aromatic N) is 1. The fraction of sp³-hybridized carbons (Fsp3) is 0.920. The molecule has 1 rings (SSSR count). The maximum Gasteiger partial charge on any atom is 0.125 e. The molecule has 0 aromatic carbocycles. The Kier molecular flexibility index (Phi) is 16.6. The van der Waals surface area contributed by atoms with E-state index >= 15 is 0 Å². The van der Waals surface area contributed by atoms with Crippen LogP contribution in [0.5, 0.6) is 0 Å². The summed E-state index contributed by atoms with van der Waals surface area (Å²) in [6.45, 7) is 4.13. The highest BCUT2D eigenvalue weighted by atomic mass is 16.3. The molecule has 0 amide bonds. The van der Waals surface area contributed by atoms with Gasteiger partial charge in [-0.25, -0.2) is 0 Å². The van der Waals surface area contributed by atoms with Crippen LogP contribution < -0.4 is 5.32 Å². The van der Waals surface area contributed by atoms with Crippen LogP contribution in [0.1, 0.15) is 136 Å². The first-order valence-corrected chi connectivity index (χ1v) is 12.6. The van der Waals surface area contributed by atoms with Gasteiger partial charge in [-0.15, -0.1) is 0 Å². The first kappa shape index (κ1) is 25.3. The molecular formula is C25H50N2O. The summed E-state index contributed by atoms with van der Waals surface area (Å²) in [4.78, 5) is 2.01. The molecule has 166 valence electrons. The van der Waals surface area contributed by atoms with Crippen LogP contribution in [-0.2, 0) is 0 Å². The van der Waals surface area contributed by atoms with Gasteiger partial charge in [-0.2, -0.15) is 0 Å². The molecule has 28 heavy (non-hydrogen) atoms. The SMILES string of the molecule is CCCCCCCCCCCCCCCCCCCCC1NC=CN1C(C)O. The zero-order valence-electron chi connectivity index (χ0n) is 19.1. The number of unbranched alkanes of at least 4 members (excludes halogenated alkanes) is 17. The molecule has 0 aromatic heterocycles. The van der Waals surface area contributed by atoms with Gasteiger partial charge in [-0.3, -0.25) is 0 Å². The molecule has 1 aliphatic rings. The zero-order valence-corrected chi connectivity index (χ0v) is 19.1. The Morgan fingerprint density at radius 3 is 1.50 bits per heavy atom. The highest BCUT2D eigenvalue weighted by molar-refractivity contribution is 4.94. The van der Waals surface area contributed by atoms with E-state index in [4.69, 9.17) is 0 Å². The Bertz CT molecular complexity index is 356. The van der Waals surface area contributed by atoms with Crippen molar-refractivity contribution in [3.8, 4) is 0 Å². The largest absolute Gasteiger partial charge is 0.374 e. The number of hydrogen-bond donors (Lipinski definition) is 2. The predicted octanol–water partition coefficient (Wildman–Crippen LogP) is 7.46. The van der Waals surface area contributed by atoms with Crippen LogP contribution in [0.25, 0.3) is 0 Å². The maximum absolute atomic E-state index is 9.71. The number of aliphatic hydroxyl groups excluding tert-OH is 1. The number of nitrogens with one attached hydrogen (secondary N) is 1. The lowest BCUT2D eigenvalue weighted by atomic mass is 10.0. The summed E-state index contributed by atoms with van der Waals surface area (Å²) >= 11 is 0. The lowest BCUT2D eigenvalue weighted by Gasteiger charge is -2.28. The van der Waals surface area contributed by atoms with Crippen LogP contribution in [-0.4, -0.2) is 22.4 Å². The van der Waals surface area contributed by atoms with Gasteiger partial charge in [-0.05, 0) is 19.8 Å². The lowest BCUT2D eigenvalue weighted by molar-refractivity contribution is 0.0254. The third-order valence-corrected chi connectivity index (χ3v) is 6.16. The van der Waals surface area contributed by atoms with Gasteiger partial charge in [0.05, 0.1) is 0 Å². The molecule has 1 aliphatic heterocycles. The van der Waals surface area contributed by atoms with Crippen molar-refractivity contribution in [2.75, 3.05) is 0 Å². The molecule has 2 unspecified atom stereocenters. The maximum atomic E-state index is 9.71. The Balaban J connectivity index is 1.72. The minimum absolute atomic E-state index is 0.293. The Morgan fingerprint density at radius 1 is 0.714 bits per heavy atom. The van der Waals surface area contributed by atoms with E-state index in [2.05, 4.69) is 12.2 Å². The lowest BCUT2D eigenvalue weighted by Crippen LogP contribution is -2.40. The highest BCUT2D eigenvalue weighted by Crippen LogP contribution is 2.17. The second-order valence-corrected chi connectivity index (χ2v) is 8.88. The molecule has 0 spiro atoms. The van der Waals surface area contributed by atoms with Crippen LogP contribution in [0.4, 0.5) is 0 Å². The zero-order chi connectivity index (χ0) is 20.3. The summed E-state index contributed by atoms with van der Waals surface area (Å²) in [6, 6.07) is 0. The average molecular weight is 395 g/mol. The van der Waals surface area contributed by atoms with Gasteiger partial charge in [-0.1, -0.05) is 116 Å². The second-order valence-electron chi connectivity index (χ2n) is 8.88. The summed E-state index contributed by atoms with van der Waals surface area (Å²) in [5.41, 5.74) is 0. The predicted molar refractivity (Wildman–Crippen MR) is 123 cm³/mol. The first-order chi connectivity index (χ1) is 13.8. The van der Waals surface area contributed by atoms with Crippen LogP contribution in [0, 0.1) is 0 Å². The van der Waals surface area contributed by atoms with Gasteiger partial charge in [0.15, 0.2) is 0 Å². The van der Waals surface area contributed by atoms with E-state index in [0.29, 0.717) is 6.17 Å². The van der Waals surface area contributed by atoms with E-state index in [1.807, 2.05) is 24.2 Å².